The Morgan fingerprint density at radius 3 is 2.60 bits per heavy atom. The average molecular weight is 333 g/mol. The normalized spacial score (nSPS) is 11.8. The van der Waals surface area contributed by atoms with Crippen molar-refractivity contribution in [3.8, 4) is 11.4 Å². The molecular formula is C14H13BrN4O. The lowest BCUT2D eigenvalue weighted by molar-refractivity contribution is 0.261. The summed E-state index contributed by atoms with van der Waals surface area (Å²) in [6.07, 6.45) is 3.61. The maximum absolute atomic E-state index is 5.41. The van der Waals surface area contributed by atoms with Gasteiger partial charge in [-0.05, 0) is 29.8 Å². The highest BCUT2D eigenvalue weighted by Crippen LogP contribution is 2.26. The van der Waals surface area contributed by atoms with E-state index in [9.17, 15) is 0 Å². The van der Waals surface area contributed by atoms with E-state index in [1.807, 2.05) is 50.4 Å². The molecule has 0 amide bonds. The van der Waals surface area contributed by atoms with Gasteiger partial charge in [-0.25, -0.2) is 0 Å². The van der Waals surface area contributed by atoms with Crippen molar-refractivity contribution < 1.29 is 4.52 Å². The van der Waals surface area contributed by atoms with Crippen molar-refractivity contribution in [2.75, 3.05) is 0 Å². The predicted molar refractivity (Wildman–Crippen MR) is 78.1 cm³/mol. The molecule has 0 aliphatic heterocycles. The van der Waals surface area contributed by atoms with E-state index in [2.05, 4.69) is 31.2 Å². The van der Waals surface area contributed by atoms with Gasteiger partial charge in [0.1, 0.15) is 5.54 Å². The monoisotopic (exact) mass is 332 g/mol. The van der Waals surface area contributed by atoms with E-state index in [-0.39, 0.29) is 0 Å². The number of aromatic nitrogens is 4. The smallest absolute Gasteiger partial charge is 0.254 e. The highest BCUT2D eigenvalue weighted by molar-refractivity contribution is 9.10. The fourth-order valence-electron chi connectivity index (χ4n) is 1.88. The van der Waals surface area contributed by atoms with Gasteiger partial charge in [0.2, 0.25) is 5.82 Å². The SMILES string of the molecule is CC(C)(c1nc(-c2ccccc2)no1)n1cc(Br)cn1. The zero-order valence-electron chi connectivity index (χ0n) is 11.1. The molecule has 0 unspecified atom stereocenters. The van der Waals surface area contributed by atoms with Crippen LogP contribution in [-0.2, 0) is 5.54 Å². The van der Waals surface area contributed by atoms with Gasteiger partial charge in [0.05, 0.1) is 10.7 Å². The van der Waals surface area contributed by atoms with E-state index in [1.54, 1.807) is 10.9 Å². The summed E-state index contributed by atoms with van der Waals surface area (Å²) in [5.74, 6) is 1.10. The minimum Gasteiger partial charge on any atom is -0.336 e. The Labute approximate surface area is 124 Å². The molecule has 3 aromatic rings. The van der Waals surface area contributed by atoms with Crippen LogP contribution >= 0.6 is 15.9 Å². The van der Waals surface area contributed by atoms with Gasteiger partial charge in [-0.1, -0.05) is 35.5 Å². The summed E-state index contributed by atoms with van der Waals surface area (Å²) in [7, 11) is 0. The predicted octanol–water partition coefficient (Wildman–Crippen LogP) is 3.48. The molecule has 5 nitrogen and oxygen atoms in total. The summed E-state index contributed by atoms with van der Waals surface area (Å²) in [5.41, 5.74) is 0.423. The van der Waals surface area contributed by atoms with Crippen molar-refractivity contribution in [2.45, 2.75) is 19.4 Å². The van der Waals surface area contributed by atoms with Crippen LogP contribution in [0.4, 0.5) is 0 Å². The molecule has 2 aromatic heterocycles. The Morgan fingerprint density at radius 2 is 1.95 bits per heavy atom. The Balaban J connectivity index is 1.97. The molecule has 0 atom stereocenters. The second kappa shape index (κ2) is 4.86. The Kier molecular flexibility index (Phi) is 3.17. The molecule has 0 fully saturated rings. The van der Waals surface area contributed by atoms with E-state index in [1.165, 1.54) is 0 Å². The zero-order valence-corrected chi connectivity index (χ0v) is 12.7. The molecule has 0 bridgehead atoms. The van der Waals surface area contributed by atoms with Crippen LogP contribution in [0.15, 0.2) is 51.7 Å². The van der Waals surface area contributed by atoms with E-state index in [4.69, 9.17) is 4.52 Å². The zero-order chi connectivity index (χ0) is 14.2. The average Bonchev–Trinajstić information content (AvgIpc) is 3.09. The molecule has 0 radical (unpaired) electrons. The molecule has 0 aliphatic rings. The third-order valence-corrected chi connectivity index (χ3v) is 3.51. The third-order valence-electron chi connectivity index (χ3n) is 3.11. The maximum atomic E-state index is 5.41. The van der Waals surface area contributed by atoms with Gasteiger partial charge in [-0.3, -0.25) is 4.68 Å². The molecule has 0 saturated heterocycles. The van der Waals surface area contributed by atoms with E-state index in [0.717, 1.165) is 10.0 Å². The summed E-state index contributed by atoms with van der Waals surface area (Å²) < 4.78 is 8.11. The topological polar surface area (TPSA) is 56.7 Å². The highest BCUT2D eigenvalue weighted by Gasteiger charge is 2.30. The summed E-state index contributed by atoms with van der Waals surface area (Å²) in [6.45, 7) is 3.96. The van der Waals surface area contributed by atoms with Crippen molar-refractivity contribution in [2.24, 2.45) is 0 Å². The molecular weight excluding hydrogens is 320 g/mol. The van der Waals surface area contributed by atoms with Gasteiger partial charge in [-0.15, -0.1) is 0 Å². The first-order valence-electron chi connectivity index (χ1n) is 6.17. The van der Waals surface area contributed by atoms with Crippen molar-refractivity contribution in [1.29, 1.82) is 0 Å². The first kappa shape index (κ1) is 13.1. The summed E-state index contributed by atoms with van der Waals surface area (Å²) in [4.78, 5) is 4.48. The second-order valence-electron chi connectivity index (χ2n) is 4.95. The first-order valence-corrected chi connectivity index (χ1v) is 6.97. The molecule has 0 aliphatic carbocycles. The Hall–Kier alpha value is -1.95. The van der Waals surface area contributed by atoms with Crippen LogP contribution in [-0.4, -0.2) is 19.9 Å². The van der Waals surface area contributed by atoms with Crippen LogP contribution < -0.4 is 0 Å². The lowest BCUT2D eigenvalue weighted by Gasteiger charge is -2.20. The summed E-state index contributed by atoms with van der Waals surface area (Å²) >= 11 is 3.39. The lowest BCUT2D eigenvalue weighted by Crippen LogP contribution is -2.28. The van der Waals surface area contributed by atoms with Crippen molar-refractivity contribution in [1.82, 2.24) is 19.9 Å². The van der Waals surface area contributed by atoms with E-state index < -0.39 is 5.54 Å². The van der Waals surface area contributed by atoms with Gasteiger partial charge in [0.25, 0.3) is 5.89 Å². The number of rotatable bonds is 3. The van der Waals surface area contributed by atoms with E-state index >= 15 is 0 Å². The summed E-state index contributed by atoms with van der Waals surface area (Å²) in [5, 5.41) is 8.33. The Bertz CT molecular complexity index is 718. The van der Waals surface area contributed by atoms with Crippen LogP contribution in [0.3, 0.4) is 0 Å². The van der Waals surface area contributed by atoms with Gasteiger partial charge in [0.15, 0.2) is 0 Å². The first-order chi connectivity index (χ1) is 9.57. The molecule has 0 N–H and O–H groups in total. The van der Waals surface area contributed by atoms with Gasteiger partial charge >= 0.3 is 0 Å². The van der Waals surface area contributed by atoms with Crippen LogP contribution in [0, 0.1) is 0 Å². The molecule has 1 aromatic carbocycles. The molecule has 20 heavy (non-hydrogen) atoms. The fraction of sp³-hybridized carbons (Fsp3) is 0.214. The van der Waals surface area contributed by atoms with Gasteiger partial charge in [0, 0.05) is 11.8 Å². The van der Waals surface area contributed by atoms with Crippen LogP contribution in [0.2, 0.25) is 0 Å². The highest BCUT2D eigenvalue weighted by atomic mass is 79.9. The number of halogens is 1. The largest absolute Gasteiger partial charge is 0.336 e. The standard InChI is InChI=1S/C14H13BrN4O/c1-14(2,19-9-11(15)8-16-19)13-17-12(18-20-13)10-6-4-3-5-7-10/h3-9H,1-2H3. The van der Waals surface area contributed by atoms with Crippen molar-refractivity contribution >= 4 is 15.9 Å². The third kappa shape index (κ3) is 2.27. The fourth-order valence-corrected chi connectivity index (χ4v) is 2.17. The minimum absolute atomic E-state index is 0.508. The number of benzene rings is 1. The van der Waals surface area contributed by atoms with E-state index in [0.29, 0.717) is 11.7 Å². The lowest BCUT2D eigenvalue weighted by atomic mass is 10.1. The van der Waals surface area contributed by atoms with Gasteiger partial charge < -0.3 is 4.52 Å². The second-order valence-corrected chi connectivity index (χ2v) is 5.87. The number of hydrogen-bond acceptors (Lipinski definition) is 4. The molecule has 2 heterocycles. The quantitative estimate of drug-likeness (QED) is 0.736. The molecule has 6 heteroatoms. The molecule has 3 rings (SSSR count). The van der Waals surface area contributed by atoms with Crippen molar-refractivity contribution in [3.63, 3.8) is 0 Å². The van der Waals surface area contributed by atoms with Crippen LogP contribution in [0.25, 0.3) is 11.4 Å². The van der Waals surface area contributed by atoms with Gasteiger partial charge in [-0.2, -0.15) is 10.1 Å². The minimum atomic E-state index is -0.508. The van der Waals surface area contributed by atoms with Crippen LogP contribution in [0.1, 0.15) is 19.7 Å². The van der Waals surface area contributed by atoms with Crippen LogP contribution in [0.5, 0.6) is 0 Å². The number of nitrogens with zero attached hydrogens (tertiary/aromatic N) is 4. The molecule has 102 valence electrons. The number of hydrogen-bond donors (Lipinski definition) is 0. The molecule has 0 saturated carbocycles. The maximum Gasteiger partial charge on any atom is 0.254 e. The summed E-state index contributed by atoms with van der Waals surface area (Å²) in [6, 6.07) is 9.75. The van der Waals surface area contributed by atoms with Crippen molar-refractivity contribution in [3.05, 3.63) is 53.1 Å². The molecule has 0 spiro atoms. The Morgan fingerprint density at radius 1 is 1.20 bits per heavy atom.